The number of thioether (sulfide) groups is 2. The van der Waals surface area contributed by atoms with Crippen molar-refractivity contribution in [2.45, 2.75) is 35.7 Å². The third-order valence-electron chi connectivity index (χ3n) is 4.97. The van der Waals surface area contributed by atoms with Gasteiger partial charge in [-0.15, -0.1) is 15.3 Å². The molecule has 182 valence electrons. The quantitative estimate of drug-likeness (QED) is 0.117. The summed E-state index contributed by atoms with van der Waals surface area (Å²) in [5, 5.41) is 14.1. The number of hydrogen-bond donors (Lipinski definition) is 1. The number of nitrogens with two attached hydrogens (primary N) is 1. The third-order valence-corrected chi connectivity index (χ3v) is 6.80. The number of nitrogens with zero attached hydrogens (tertiary/aromatic N) is 7. The number of methoxy groups -OCH3 is 2. The second kappa shape index (κ2) is 10.8. The van der Waals surface area contributed by atoms with Crippen LogP contribution in [-0.4, -0.2) is 54.6 Å². The van der Waals surface area contributed by atoms with E-state index in [-0.39, 0.29) is 0 Å². The molecule has 0 unspecified atom stereocenters. The molecule has 13 heteroatoms. The van der Waals surface area contributed by atoms with Crippen molar-refractivity contribution in [2.75, 3.05) is 20.1 Å². The molecule has 0 radical (unpaired) electrons. The molecule has 0 aliphatic carbocycles. The molecule has 0 aliphatic rings. The van der Waals surface area contributed by atoms with E-state index in [0.29, 0.717) is 44.6 Å². The second-order valence-electron chi connectivity index (χ2n) is 7.41. The molecule has 0 spiro atoms. The lowest BCUT2D eigenvalue weighted by atomic mass is 10.0. The van der Waals surface area contributed by atoms with E-state index < -0.39 is 5.97 Å². The number of fused-ring (bicyclic) bond motifs is 1. The van der Waals surface area contributed by atoms with Gasteiger partial charge in [0.1, 0.15) is 5.57 Å². The molecule has 0 amide bonds. The Labute approximate surface area is 210 Å². The lowest BCUT2D eigenvalue weighted by Gasteiger charge is -2.11. The maximum absolute atomic E-state index is 12.2. The number of carbonyl (C=O) groups is 1. The summed E-state index contributed by atoms with van der Waals surface area (Å²) in [5.74, 6) is 7.87. The molecule has 0 aliphatic heterocycles. The van der Waals surface area contributed by atoms with Crippen LogP contribution in [0.2, 0.25) is 0 Å². The van der Waals surface area contributed by atoms with E-state index in [1.807, 2.05) is 44.2 Å². The van der Waals surface area contributed by atoms with E-state index in [2.05, 4.69) is 25.3 Å². The molecule has 3 heterocycles. The van der Waals surface area contributed by atoms with E-state index >= 15 is 0 Å². The average Bonchev–Trinajstić information content (AvgIpc) is 3.42. The first kappa shape index (κ1) is 24.5. The maximum Gasteiger partial charge on any atom is 0.341 e. The maximum atomic E-state index is 12.2. The number of benzene rings is 1. The SMILES string of the molecule is CO/C=C(/C(=O)OC)c1ccccc1CSc1nnc(CSc2nc3nc(C)cc(C)n3n2)n1N. The Hall–Kier alpha value is -3.58. The standard InChI is InChI=1S/C22H24N8O3S2/c1-13-9-14(2)30-20(24-13)25-21(28-30)34-12-18-26-27-22(29(18)23)35-11-15-7-5-6-8-16(15)17(10-32-3)19(31)33-4/h5-10H,11-12,23H2,1-4H3/b17-10+. The van der Waals surface area contributed by atoms with Crippen LogP contribution >= 0.6 is 23.5 Å². The first-order valence-corrected chi connectivity index (χ1v) is 12.4. The van der Waals surface area contributed by atoms with Gasteiger partial charge in [-0.3, -0.25) is 0 Å². The Balaban J connectivity index is 1.46. The summed E-state index contributed by atoms with van der Waals surface area (Å²) in [6.45, 7) is 3.88. The number of esters is 1. The van der Waals surface area contributed by atoms with Crippen LogP contribution in [0.5, 0.6) is 0 Å². The molecular weight excluding hydrogens is 488 g/mol. The molecule has 4 aromatic rings. The van der Waals surface area contributed by atoms with Crippen molar-refractivity contribution >= 4 is 40.8 Å². The van der Waals surface area contributed by atoms with E-state index in [9.17, 15) is 4.79 Å². The second-order valence-corrected chi connectivity index (χ2v) is 9.29. The first-order chi connectivity index (χ1) is 16.9. The molecule has 2 N–H and O–H groups in total. The predicted molar refractivity (Wildman–Crippen MR) is 133 cm³/mol. The summed E-state index contributed by atoms with van der Waals surface area (Å²) in [4.78, 5) is 21.1. The number of hydrogen-bond acceptors (Lipinski definition) is 11. The molecule has 1 aromatic carbocycles. The van der Waals surface area contributed by atoms with E-state index in [4.69, 9.17) is 15.3 Å². The number of nitrogen functional groups attached to an aromatic ring is 1. The molecule has 0 fully saturated rings. The number of ether oxygens (including phenoxy) is 2. The van der Waals surface area contributed by atoms with Gasteiger partial charge in [-0.25, -0.2) is 19.0 Å². The minimum absolute atomic E-state index is 0.331. The zero-order valence-electron chi connectivity index (χ0n) is 19.6. The van der Waals surface area contributed by atoms with Gasteiger partial charge in [-0.2, -0.15) is 4.98 Å². The first-order valence-electron chi connectivity index (χ1n) is 10.5. The molecule has 0 atom stereocenters. The highest BCUT2D eigenvalue weighted by Crippen LogP contribution is 2.28. The van der Waals surface area contributed by atoms with Gasteiger partial charge >= 0.3 is 5.97 Å². The topological polar surface area (TPSA) is 135 Å². The minimum atomic E-state index is -0.480. The fraction of sp³-hybridized carbons (Fsp3) is 0.273. The molecule has 0 saturated heterocycles. The van der Waals surface area contributed by atoms with Crippen molar-refractivity contribution in [3.63, 3.8) is 0 Å². The van der Waals surface area contributed by atoms with Crippen LogP contribution in [0, 0.1) is 13.8 Å². The van der Waals surface area contributed by atoms with Crippen molar-refractivity contribution in [3.8, 4) is 0 Å². The van der Waals surface area contributed by atoms with E-state index in [1.165, 1.54) is 48.7 Å². The van der Waals surface area contributed by atoms with Gasteiger partial charge < -0.3 is 15.3 Å². The number of carbonyl (C=O) groups excluding carboxylic acids is 1. The van der Waals surface area contributed by atoms with Crippen LogP contribution in [0.4, 0.5) is 0 Å². The van der Waals surface area contributed by atoms with Crippen LogP contribution in [-0.2, 0) is 25.8 Å². The Morgan fingerprint density at radius 3 is 2.69 bits per heavy atom. The highest BCUT2D eigenvalue weighted by atomic mass is 32.2. The van der Waals surface area contributed by atoms with Gasteiger partial charge in [0.25, 0.3) is 5.78 Å². The zero-order valence-corrected chi connectivity index (χ0v) is 21.3. The number of aromatic nitrogens is 7. The smallest absolute Gasteiger partial charge is 0.341 e. The lowest BCUT2D eigenvalue weighted by molar-refractivity contribution is -0.133. The molecule has 4 rings (SSSR count). The monoisotopic (exact) mass is 512 g/mol. The summed E-state index contributed by atoms with van der Waals surface area (Å²) >= 11 is 2.81. The van der Waals surface area contributed by atoms with E-state index in [1.54, 1.807) is 4.52 Å². The third kappa shape index (κ3) is 5.41. The van der Waals surface area contributed by atoms with Crippen molar-refractivity contribution in [1.82, 2.24) is 34.5 Å². The highest BCUT2D eigenvalue weighted by Gasteiger charge is 2.18. The highest BCUT2D eigenvalue weighted by molar-refractivity contribution is 7.98. The van der Waals surface area contributed by atoms with Gasteiger partial charge in [0, 0.05) is 17.1 Å². The van der Waals surface area contributed by atoms with Crippen LogP contribution in [0.15, 0.2) is 46.9 Å². The Morgan fingerprint density at radius 2 is 1.91 bits per heavy atom. The fourth-order valence-electron chi connectivity index (χ4n) is 3.34. The van der Waals surface area contributed by atoms with Crippen molar-refractivity contribution in [1.29, 1.82) is 0 Å². The van der Waals surface area contributed by atoms with Gasteiger partial charge in [-0.05, 0) is 31.0 Å². The largest absolute Gasteiger partial charge is 0.503 e. The van der Waals surface area contributed by atoms with Gasteiger partial charge in [0.15, 0.2) is 5.82 Å². The van der Waals surface area contributed by atoms with Crippen LogP contribution < -0.4 is 5.84 Å². The molecule has 0 bridgehead atoms. The van der Waals surface area contributed by atoms with Crippen molar-refractivity contribution in [2.24, 2.45) is 0 Å². The van der Waals surface area contributed by atoms with Crippen molar-refractivity contribution < 1.29 is 14.3 Å². The normalized spacial score (nSPS) is 11.7. The fourth-order valence-corrected chi connectivity index (χ4v) is 4.96. The lowest BCUT2D eigenvalue weighted by Crippen LogP contribution is -2.13. The van der Waals surface area contributed by atoms with Crippen LogP contribution in [0.1, 0.15) is 28.3 Å². The summed E-state index contributed by atoms with van der Waals surface area (Å²) < 4.78 is 13.1. The summed E-state index contributed by atoms with van der Waals surface area (Å²) in [6.07, 6.45) is 1.38. The van der Waals surface area contributed by atoms with Gasteiger partial charge in [0.2, 0.25) is 10.3 Å². The zero-order chi connectivity index (χ0) is 24.9. The summed E-state index contributed by atoms with van der Waals surface area (Å²) in [5.41, 5.74) is 3.79. The van der Waals surface area contributed by atoms with E-state index in [0.717, 1.165) is 17.0 Å². The summed E-state index contributed by atoms with van der Waals surface area (Å²) in [7, 11) is 2.82. The van der Waals surface area contributed by atoms with Gasteiger partial charge in [0.05, 0.1) is 26.2 Å². The molecule has 3 aromatic heterocycles. The van der Waals surface area contributed by atoms with Gasteiger partial charge in [-0.1, -0.05) is 47.8 Å². The van der Waals surface area contributed by atoms with Crippen molar-refractivity contribution in [3.05, 3.63) is 64.9 Å². The van der Waals surface area contributed by atoms with Crippen LogP contribution in [0.25, 0.3) is 11.4 Å². The molecule has 11 nitrogen and oxygen atoms in total. The molecule has 0 saturated carbocycles. The predicted octanol–water partition coefficient (Wildman–Crippen LogP) is 2.79. The average molecular weight is 513 g/mol. The Kier molecular flexibility index (Phi) is 7.56. The molecule has 35 heavy (non-hydrogen) atoms. The Morgan fingerprint density at radius 1 is 1.11 bits per heavy atom. The number of rotatable bonds is 9. The Bertz CT molecular complexity index is 1400. The summed E-state index contributed by atoms with van der Waals surface area (Å²) in [6, 6.07) is 9.47. The molecular formula is C22H24N8O3S2. The van der Waals surface area contributed by atoms with Crippen LogP contribution in [0.3, 0.4) is 0 Å². The number of aryl methyl sites for hydroxylation is 2. The minimum Gasteiger partial charge on any atom is -0.503 e.